The van der Waals surface area contributed by atoms with Crippen LogP contribution in [0, 0.1) is 5.82 Å². The van der Waals surface area contributed by atoms with Crippen molar-refractivity contribution < 1.29 is 14.2 Å². The summed E-state index contributed by atoms with van der Waals surface area (Å²) in [6.45, 7) is 0.699. The molecule has 1 aliphatic heterocycles. The fraction of sp³-hybridized carbons (Fsp3) is 0.308. The van der Waals surface area contributed by atoms with Gasteiger partial charge in [0.15, 0.2) is 10.8 Å². The maximum absolute atomic E-state index is 13.9. The van der Waals surface area contributed by atoms with E-state index in [0.717, 1.165) is 12.8 Å². The third-order valence-corrected chi connectivity index (χ3v) is 4.35. The van der Waals surface area contributed by atoms with Crippen LogP contribution >= 0.6 is 11.3 Å². The molecule has 21 heavy (non-hydrogen) atoms. The van der Waals surface area contributed by atoms with E-state index in [2.05, 4.69) is 15.3 Å². The average Bonchev–Trinajstić information content (AvgIpc) is 3.13. The van der Waals surface area contributed by atoms with Crippen LogP contribution in [-0.2, 0) is 4.74 Å². The molecule has 0 aliphatic carbocycles. The third-order valence-electron chi connectivity index (χ3n) is 3.44. The van der Waals surface area contributed by atoms with Crippen molar-refractivity contribution in [3.05, 3.63) is 29.8 Å². The summed E-state index contributed by atoms with van der Waals surface area (Å²) in [7, 11) is 0. The van der Waals surface area contributed by atoms with E-state index < -0.39 is 5.82 Å². The van der Waals surface area contributed by atoms with Gasteiger partial charge in [-0.3, -0.25) is 0 Å². The van der Waals surface area contributed by atoms with Gasteiger partial charge in [0.1, 0.15) is 17.7 Å². The Morgan fingerprint density at radius 3 is 3.05 bits per heavy atom. The number of nitrogens with zero attached hydrogens (tertiary/aromatic N) is 4. The number of ether oxygens (including phenoxy) is 1. The average molecular weight is 306 g/mol. The van der Waals surface area contributed by atoms with Crippen LogP contribution < -0.4 is 0 Å². The number of aromatic nitrogens is 4. The molecule has 1 unspecified atom stereocenters. The van der Waals surface area contributed by atoms with Gasteiger partial charge in [0.05, 0.1) is 5.56 Å². The van der Waals surface area contributed by atoms with Gasteiger partial charge in [0.25, 0.3) is 0 Å². The number of phenolic OH excluding ortho intramolecular Hbond substituents is 1. The van der Waals surface area contributed by atoms with Gasteiger partial charge in [-0.15, -0.1) is 10.2 Å². The summed E-state index contributed by atoms with van der Waals surface area (Å²) in [5.41, 5.74) is 0.0892. The summed E-state index contributed by atoms with van der Waals surface area (Å²) >= 11 is 1.18. The van der Waals surface area contributed by atoms with Crippen LogP contribution in [0.5, 0.6) is 5.75 Å². The lowest BCUT2D eigenvalue weighted by Crippen LogP contribution is -2.03. The number of rotatable bonds is 2. The zero-order valence-corrected chi connectivity index (χ0v) is 11.7. The Balaban J connectivity index is 1.84. The molecule has 0 amide bonds. The van der Waals surface area contributed by atoms with Crippen molar-refractivity contribution in [3.63, 3.8) is 0 Å². The molecule has 6 nitrogen and oxygen atoms in total. The summed E-state index contributed by atoms with van der Waals surface area (Å²) in [4.78, 5) is 0.554. The highest BCUT2D eigenvalue weighted by atomic mass is 32.1. The second-order valence-corrected chi connectivity index (χ2v) is 5.75. The lowest BCUT2D eigenvalue weighted by molar-refractivity contribution is 0.103. The Morgan fingerprint density at radius 2 is 2.29 bits per heavy atom. The molecule has 2 aromatic heterocycles. The standard InChI is InChI=1S/C13H11FN4O2S/c14-7-3-1-4-8(19)10(7)12-17-18-11(9-5-2-6-20-9)15-16-13(18)21-12/h1,3-4,9,19H,2,5-6H2. The zero-order chi connectivity index (χ0) is 14.4. The molecular formula is C13H11FN4O2S. The topological polar surface area (TPSA) is 72.5 Å². The molecular weight excluding hydrogens is 295 g/mol. The Labute approximate surface area is 122 Å². The fourth-order valence-electron chi connectivity index (χ4n) is 2.44. The Morgan fingerprint density at radius 1 is 1.38 bits per heavy atom. The van der Waals surface area contributed by atoms with E-state index in [0.29, 0.717) is 22.4 Å². The van der Waals surface area contributed by atoms with Gasteiger partial charge in [0.2, 0.25) is 4.96 Å². The molecule has 108 valence electrons. The third kappa shape index (κ3) is 1.98. The number of phenols is 1. The number of aromatic hydroxyl groups is 1. The van der Waals surface area contributed by atoms with E-state index in [1.807, 2.05) is 0 Å². The highest BCUT2D eigenvalue weighted by Crippen LogP contribution is 2.35. The fourth-order valence-corrected chi connectivity index (χ4v) is 3.34. The first-order chi connectivity index (χ1) is 10.2. The van der Waals surface area contributed by atoms with E-state index in [9.17, 15) is 9.50 Å². The van der Waals surface area contributed by atoms with Gasteiger partial charge in [-0.2, -0.15) is 9.61 Å². The molecule has 0 bridgehead atoms. The lowest BCUT2D eigenvalue weighted by atomic mass is 10.2. The van der Waals surface area contributed by atoms with E-state index in [4.69, 9.17) is 4.74 Å². The molecule has 0 spiro atoms. The number of halogens is 1. The van der Waals surface area contributed by atoms with Crippen LogP contribution in [0.2, 0.25) is 0 Å². The zero-order valence-electron chi connectivity index (χ0n) is 10.9. The largest absolute Gasteiger partial charge is 0.507 e. The van der Waals surface area contributed by atoms with Crippen LogP contribution in [0.3, 0.4) is 0 Å². The van der Waals surface area contributed by atoms with Crippen molar-refractivity contribution in [2.24, 2.45) is 0 Å². The molecule has 1 atom stereocenters. The van der Waals surface area contributed by atoms with Crippen molar-refractivity contribution >= 4 is 16.3 Å². The van der Waals surface area contributed by atoms with E-state index in [1.165, 1.54) is 29.5 Å². The van der Waals surface area contributed by atoms with Crippen molar-refractivity contribution in [1.82, 2.24) is 19.8 Å². The SMILES string of the molecule is Oc1cccc(F)c1-c1nn2c(C3CCCO3)nnc2s1. The monoisotopic (exact) mass is 306 g/mol. The smallest absolute Gasteiger partial charge is 0.235 e. The maximum atomic E-state index is 13.9. The molecule has 8 heteroatoms. The summed E-state index contributed by atoms with van der Waals surface area (Å²) in [6, 6.07) is 4.17. The van der Waals surface area contributed by atoms with Gasteiger partial charge in [-0.1, -0.05) is 17.4 Å². The number of hydrogen-bond donors (Lipinski definition) is 1. The molecule has 3 heterocycles. The van der Waals surface area contributed by atoms with Crippen LogP contribution in [0.25, 0.3) is 15.5 Å². The van der Waals surface area contributed by atoms with Crippen molar-refractivity contribution in [2.75, 3.05) is 6.61 Å². The minimum absolute atomic E-state index is 0.0892. The maximum Gasteiger partial charge on any atom is 0.235 e. The first kappa shape index (κ1) is 12.7. The lowest BCUT2D eigenvalue weighted by Gasteiger charge is -2.04. The molecule has 1 aromatic carbocycles. The molecule has 1 N–H and O–H groups in total. The minimum Gasteiger partial charge on any atom is -0.507 e. The summed E-state index contributed by atoms with van der Waals surface area (Å²) in [5, 5.41) is 22.7. The van der Waals surface area contributed by atoms with Crippen LogP contribution in [0.1, 0.15) is 24.8 Å². The molecule has 0 saturated carbocycles. The Hall–Kier alpha value is -2.06. The Kier molecular flexibility index (Phi) is 2.86. The molecule has 1 aliphatic rings. The quantitative estimate of drug-likeness (QED) is 0.787. The van der Waals surface area contributed by atoms with E-state index in [1.54, 1.807) is 4.52 Å². The van der Waals surface area contributed by atoms with Crippen LogP contribution in [0.15, 0.2) is 18.2 Å². The molecule has 3 aromatic rings. The number of benzene rings is 1. The first-order valence-corrected chi connectivity index (χ1v) is 7.37. The van der Waals surface area contributed by atoms with E-state index >= 15 is 0 Å². The number of fused-ring (bicyclic) bond motifs is 1. The van der Waals surface area contributed by atoms with Crippen molar-refractivity contribution in [2.45, 2.75) is 18.9 Å². The van der Waals surface area contributed by atoms with Crippen LogP contribution in [0.4, 0.5) is 4.39 Å². The normalized spacial score (nSPS) is 18.6. The van der Waals surface area contributed by atoms with Gasteiger partial charge < -0.3 is 9.84 Å². The molecule has 4 rings (SSSR count). The highest BCUT2D eigenvalue weighted by molar-refractivity contribution is 7.19. The second kappa shape index (κ2) is 4.74. The van der Waals surface area contributed by atoms with Gasteiger partial charge in [-0.25, -0.2) is 4.39 Å². The predicted octanol–water partition coefficient (Wildman–Crippen LogP) is 2.55. The summed E-state index contributed by atoms with van der Waals surface area (Å²) in [6.07, 6.45) is 1.73. The first-order valence-electron chi connectivity index (χ1n) is 6.55. The molecule has 1 saturated heterocycles. The number of hydrogen-bond acceptors (Lipinski definition) is 6. The van der Waals surface area contributed by atoms with Crippen molar-refractivity contribution in [3.8, 4) is 16.3 Å². The second-order valence-electron chi connectivity index (χ2n) is 4.80. The predicted molar refractivity (Wildman–Crippen MR) is 73.6 cm³/mol. The molecule has 1 fully saturated rings. The van der Waals surface area contributed by atoms with Gasteiger partial charge >= 0.3 is 0 Å². The molecule has 0 radical (unpaired) electrons. The van der Waals surface area contributed by atoms with Crippen LogP contribution in [-0.4, -0.2) is 31.5 Å². The Bertz CT molecular complexity index is 789. The van der Waals surface area contributed by atoms with Gasteiger partial charge in [-0.05, 0) is 25.0 Å². The minimum atomic E-state index is -0.515. The van der Waals surface area contributed by atoms with E-state index in [-0.39, 0.29) is 17.4 Å². The summed E-state index contributed by atoms with van der Waals surface area (Å²) in [5.74, 6) is -0.0295. The van der Waals surface area contributed by atoms with Crippen molar-refractivity contribution in [1.29, 1.82) is 0 Å². The van der Waals surface area contributed by atoms with Gasteiger partial charge in [0, 0.05) is 6.61 Å². The summed E-state index contributed by atoms with van der Waals surface area (Å²) < 4.78 is 21.1. The highest BCUT2D eigenvalue weighted by Gasteiger charge is 2.26.